The van der Waals surface area contributed by atoms with Crippen LogP contribution in [0.5, 0.6) is 0 Å². The number of benzene rings is 1. The van der Waals surface area contributed by atoms with E-state index in [1.54, 1.807) is 18.2 Å². The van der Waals surface area contributed by atoms with Crippen LogP contribution >= 0.6 is 0 Å². The van der Waals surface area contributed by atoms with Crippen LogP contribution in [0.25, 0.3) is 0 Å². The number of hydrogen-bond donors (Lipinski definition) is 3. The van der Waals surface area contributed by atoms with Crippen LogP contribution in [-0.4, -0.2) is 75.4 Å². The Morgan fingerprint density at radius 2 is 1.87 bits per heavy atom. The largest absolute Gasteiger partial charge is 0.394 e. The molecule has 30 heavy (non-hydrogen) atoms. The minimum atomic E-state index is -3.69. The molecule has 0 bridgehead atoms. The summed E-state index contributed by atoms with van der Waals surface area (Å²) in [7, 11) is -3.69. The first kappa shape index (κ1) is 23.1. The van der Waals surface area contributed by atoms with Gasteiger partial charge in [-0.25, -0.2) is 13.1 Å². The highest BCUT2D eigenvalue weighted by Crippen LogP contribution is 2.23. The van der Waals surface area contributed by atoms with Crippen LogP contribution < -0.4 is 10.0 Å². The van der Waals surface area contributed by atoms with E-state index in [1.807, 2.05) is 0 Å². The van der Waals surface area contributed by atoms with Gasteiger partial charge in [0.15, 0.2) is 0 Å². The van der Waals surface area contributed by atoms with Crippen LogP contribution in [0.15, 0.2) is 35.2 Å². The topological polar surface area (TPSA) is 108 Å². The van der Waals surface area contributed by atoms with Gasteiger partial charge in [0.2, 0.25) is 15.9 Å². The van der Waals surface area contributed by atoms with Crippen LogP contribution in [-0.2, 0) is 19.6 Å². The Kier molecular flexibility index (Phi) is 8.64. The Labute approximate surface area is 179 Å². The van der Waals surface area contributed by atoms with Gasteiger partial charge in [-0.1, -0.05) is 24.6 Å². The summed E-state index contributed by atoms with van der Waals surface area (Å²) in [4.78, 5) is 14.8. The van der Waals surface area contributed by atoms with Crippen molar-refractivity contribution >= 4 is 15.9 Å². The summed E-state index contributed by atoms with van der Waals surface area (Å²) >= 11 is 0. The van der Waals surface area contributed by atoms with Crippen LogP contribution in [0.4, 0.5) is 0 Å². The third-order valence-electron chi connectivity index (χ3n) is 5.77. The molecule has 2 heterocycles. The molecule has 2 aliphatic rings. The fourth-order valence-electron chi connectivity index (χ4n) is 4.10. The van der Waals surface area contributed by atoms with Crippen molar-refractivity contribution in [1.29, 1.82) is 0 Å². The number of nitrogens with zero attached hydrogens (tertiary/aromatic N) is 1. The van der Waals surface area contributed by atoms with Gasteiger partial charge in [0.25, 0.3) is 0 Å². The van der Waals surface area contributed by atoms with E-state index in [-0.39, 0.29) is 29.9 Å². The number of rotatable bonds is 9. The van der Waals surface area contributed by atoms with E-state index < -0.39 is 22.2 Å². The Hall–Kier alpha value is -1.52. The lowest BCUT2D eigenvalue weighted by Gasteiger charge is -2.35. The third kappa shape index (κ3) is 6.75. The highest BCUT2D eigenvalue weighted by molar-refractivity contribution is 7.89. The van der Waals surface area contributed by atoms with E-state index in [9.17, 15) is 18.3 Å². The van der Waals surface area contributed by atoms with Crippen LogP contribution in [0.2, 0.25) is 0 Å². The van der Waals surface area contributed by atoms with Gasteiger partial charge in [0.1, 0.15) is 0 Å². The van der Waals surface area contributed by atoms with E-state index in [4.69, 9.17) is 4.74 Å². The molecule has 2 fully saturated rings. The summed E-state index contributed by atoms with van der Waals surface area (Å²) in [6.45, 7) is 3.36. The summed E-state index contributed by atoms with van der Waals surface area (Å²) in [5, 5.41) is 12.6. The number of sulfonamides is 1. The molecule has 2 saturated heterocycles. The molecule has 2 aliphatic heterocycles. The van der Waals surface area contributed by atoms with Gasteiger partial charge in [-0.15, -0.1) is 0 Å². The van der Waals surface area contributed by atoms with Gasteiger partial charge in [-0.3, -0.25) is 4.79 Å². The van der Waals surface area contributed by atoms with E-state index in [2.05, 4.69) is 14.9 Å². The summed E-state index contributed by atoms with van der Waals surface area (Å²) in [5.74, 6) is -0.0722. The SMILES string of the molecule is O=C(C[C@H]1CC[C@@H](NS(=O)(=O)c2ccccc2)[C@@H](CO)O1)NCCN1CCCCC1. The quantitative estimate of drug-likeness (QED) is 0.527. The molecule has 8 nitrogen and oxygen atoms in total. The Morgan fingerprint density at radius 1 is 1.13 bits per heavy atom. The predicted octanol–water partition coefficient (Wildman–Crippen LogP) is 0.866. The molecule has 0 radical (unpaired) electrons. The first-order chi connectivity index (χ1) is 14.5. The number of aliphatic hydroxyl groups excluding tert-OH is 1. The number of likely N-dealkylation sites (tertiary alicyclic amines) is 1. The summed E-state index contributed by atoms with van der Waals surface area (Å²) in [6, 6.07) is 7.60. The van der Waals surface area contributed by atoms with Gasteiger partial charge in [-0.05, 0) is 50.9 Å². The number of hydrogen-bond acceptors (Lipinski definition) is 6. The van der Waals surface area contributed by atoms with Gasteiger partial charge < -0.3 is 20.1 Å². The number of nitrogens with one attached hydrogen (secondary N) is 2. The molecule has 168 valence electrons. The maximum absolute atomic E-state index is 12.6. The van der Waals surface area contributed by atoms with Crippen molar-refractivity contribution in [3.05, 3.63) is 30.3 Å². The van der Waals surface area contributed by atoms with Crippen molar-refractivity contribution in [3.63, 3.8) is 0 Å². The van der Waals surface area contributed by atoms with Crippen molar-refractivity contribution in [2.45, 2.75) is 61.7 Å². The van der Waals surface area contributed by atoms with Gasteiger partial charge in [0.05, 0.1) is 36.2 Å². The molecule has 0 spiro atoms. The molecule has 0 aliphatic carbocycles. The third-order valence-corrected chi connectivity index (χ3v) is 7.27. The number of aliphatic hydroxyl groups is 1. The Balaban J connectivity index is 1.44. The molecular weight excluding hydrogens is 406 g/mol. The number of piperidine rings is 1. The smallest absolute Gasteiger partial charge is 0.240 e. The zero-order valence-corrected chi connectivity index (χ0v) is 18.1. The first-order valence-electron chi connectivity index (χ1n) is 10.8. The van der Waals surface area contributed by atoms with Gasteiger partial charge in [0, 0.05) is 13.1 Å². The molecule has 9 heteroatoms. The van der Waals surface area contributed by atoms with Crippen molar-refractivity contribution in [3.8, 4) is 0 Å². The molecule has 1 aromatic rings. The zero-order valence-electron chi connectivity index (χ0n) is 17.3. The second kappa shape index (κ2) is 11.2. The maximum atomic E-state index is 12.6. The van der Waals surface area contributed by atoms with Gasteiger partial charge >= 0.3 is 0 Å². The fourth-order valence-corrected chi connectivity index (χ4v) is 5.42. The van der Waals surface area contributed by atoms with Crippen LogP contribution in [0.3, 0.4) is 0 Å². The molecule has 3 rings (SSSR count). The second-order valence-electron chi connectivity index (χ2n) is 8.05. The van der Waals surface area contributed by atoms with Crippen LogP contribution in [0, 0.1) is 0 Å². The minimum absolute atomic E-state index is 0.0722. The van der Waals surface area contributed by atoms with Gasteiger partial charge in [-0.2, -0.15) is 0 Å². The zero-order chi connectivity index (χ0) is 21.4. The lowest BCUT2D eigenvalue weighted by Crippen LogP contribution is -2.51. The number of ether oxygens (including phenoxy) is 1. The normalized spacial score (nSPS) is 25.7. The van der Waals surface area contributed by atoms with E-state index in [0.717, 1.165) is 19.6 Å². The maximum Gasteiger partial charge on any atom is 0.240 e. The molecule has 0 aromatic heterocycles. The van der Waals surface area contributed by atoms with E-state index in [1.165, 1.54) is 31.4 Å². The Morgan fingerprint density at radius 3 is 2.57 bits per heavy atom. The molecule has 1 aromatic carbocycles. The second-order valence-corrected chi connectivity index (χ2v) is 9.77. The lowest BCUT2D eigenvalue weighted by molar-refractivity contribution is -0.130. The van der Waals surface area contributed by atoms with E-state index >= 15 is 0 Å². The highest BCUT2D eigenvalue weighted by atomic mass is 32.2. The number of amides is 1. The molecular formula is C21H33N3O5S. The fraction of sp³-hybridized carbons (Fsp3) is 0.667. The first-order valence-corrected chi connectivity index (χ1v) is 12.3. The molecule has 0 saturated carbocycles. The average molecular weight is 440 g/mol. The summed E-state index contributed by atoms with van der Waals surface area (Å²) in [6.07, 6.45) is 4.01. The van der Waals surface area contributed by atoms with Crippen molar-refractivity contribution in [2.75, 3.05) is 32.8 Å². The Bertz CT molecular complexity index is 768. The molecule has 3 N–H and O–H groups in total. The van der Waals surface area contributed by atoms with Crippen molar-refractivity contribution in [1.82, 2.24) is 14.9 Å². The number of carbonyl (C=O) groups excluding carboxylic acids is 1. The standard InChI is InChI=1S/C21H33N3O5S/c25-16-20-19(23-30(27,28)18-7-3-1-4-8-18)10-9-17(29-20)15-21(26)22-11-14-24-12-5-2-6-13-24/h1,3-4,7-8,17,19-20,23,25H,2,5-6,9-16H2,(H,22,26)/t17-,19-,20-/m1/s1. The van der Waals surface area contributed by atoms with Crippen molar-refractivity contribution < 1.29 is 23.1 Å². The van der Waals surface area contributed by atoms with Crippen molar-refractivity contribution in [2.24, 2.45) is 0 Å². The van der Waals surface area contributed by atoms with E-state index in [0.29, 0.717) is 19.4 Å². The monoisotopic (exact) mass is 439 g/mol. The predicted molar refractivity (Wildman–Crippen MR) is 113 cm³/mol. The number of carbonyl (C=O) groups is 1. The summed E-state index contributed by atoms with van der Waals surface area (Å²) in [5.41, 5.74) is 0. The van der Waals surface area contributed by atoms with Crippen LogP contribution in [0.1, 0.15) is 38.5 Å². The summed E-state index contributed by atoms with van der Waals surface area (Å²) < 4.78 is 33.6. The highest BCUT2D eigenvalue weighted by Gasteiger charge is 2.34. The lowest BCUT2D eigenvalue weighted by atomic mass is 9.98. The molecule has 1 amide bonds. The molecule has 3 atom stereocenters. The minimum Gasteiger partial charge on any atom is -0.394 e. The average Bonchev–Trinajstić information content (AvgIpc) is 2.76. The molecule has 0 unspecified atom stereocenters.